The number of nitrogens with one attached hydrogen (secondary N) is 1. The maximum Gasteiger partial charge on any atom is 0.199 e. The second-order valence-corrected chi connectivity index (χ2v) is 5.66. The first kappa shape index (κ1) is 12.5. The molecule has 1 aliphatic heterocycles. The second-order valence-electron chi connectivity index (χ2n) is 4.75. The number of benzene rings is 1. The van der Waals surface area contributed by atoms with Crippen LogP contribution in [0.25, 0.3) is 5.65 Å². The molecule has 106 valence electrons. The van der Waals surface area contributed by atoms with Gasteiger partial charge >= 0.3 is 0 Å². The standard InChI is InChI=1S/C13H11BrN6O/c14-10-3-8-1-2-21-13(8)9(4-10)5-16-11-6-15-7-12-17-18-19-20(11)12/h3-4,6-7,16H,1-2,5H2. The Morgan fingerprint density at radius 1 is 1.33 bits per heavy atom. The maximum absolute atomic E-state index is 5.72. The number of hydrogen-bond donors (Lipinski definition) is 1. The molecule has 8 heteroatoms. The molecule has 1 N–H and O–H groups in total. The molecule has 0 amide bonds. The van der Waals surface area contributed by atoms with Gasteiger partial charge in [-0.25, -0.2) is 0 Å². The van der Waals surface area contributed by atoms with Crippen LogP contribution < -0.4 is 10.1 Å². The van der Waals surface area contributed by atoms with E-state index in [1.807, 2.05) is 0 Å². The lowest BCUT2D eigenvalue weighted by Crippen LogP contribution is -2.07. The molecule has 1 aromatic carbocycles. The average Bonchev–Trinajstić information content (AvgIpc) is 3.12. The zero-order valence-corrected chi connectivity index (χ0v) is 12.5. The number of tetrazole rings is 1. The molecule has 1 aliphatic rings. The lowest BCUT2D eigenvalue weighted by Gasteiger charge is -2.11. The van der Waals surface area contributed by atoms with Gasteiger partial charge < -0.3 is 10.1 Å². The summed E-state index contributed by atoms with van der Waals surface area (Å²) in [5, 5.41) is 14.8. The molecule has 0 unspecified atom stereocenters. The van der Waals surface area contributed by atoms with Crippen molar-refractivity contribution in [3.63, 3.8) is 0 Å². The molecule has 3 aromatic rings. The first-order valence-corrected chi connectivity index (χ1v) is 7.30. The van der Waals surface area contributed by atoms with E-state index in [1.165, 1.54) is 5.56 Å². The first-order chi connectivity index (χ1) is 10.3. The van der Waals surface area contributed by atoms with Crippen molar-refractivity contribution in [1.29, 1.82) is 0 Å². The quantitative estimate of drug-likeness (QED) is 0.779. The molecule has 0 atom stereocenters. The fraction of sp³-hybridized carbons (Fsp3) is 0.231. The predicted octanol–water partition coefficient (Wildman–Crippen LogP) is 1.83. The highest BCUT2D eigenvalue weighted by Crippen LogP contribution is 2.33. The largest absolute Gasteiger partial charge is 0.493 e. The van der Waals surface area contributed by atoms with Gasteiger partial charge in [0.2, 0.25) is 0 Å². The molecule has 0 saturated heterocycles. The lowest BCUT2D eigenvalue weighted by atomic mass is 10.1. The molecule has 21 heavy (non-hydrogen) atoms. The predicted molar refractivity (Wildman–Crippen MR) is 79.2 cm³/mol. The van der Waals surface area contributed by atoms with Gasteiger partial charge in [-0.2, -0.15) is 4.52 Å². The van der Waals surface area contributed by atoms with Crippen LogP contribution in [0.5, 0.6) is 5.75 Å². The molecule has 0 bridgehead atoms. The molecule has 0 saturated carbocycles. The van der Waals surface area contributed by atoms with Crippen LogP contribution in [-0.4, -0.2) is 31.6 Å². The van der Waals surface area contributed by atoms with Crippen molar-refractivity contribution in [2.45, 2.75) is 13.0 Å². The van der Waals surface area contributed by atoms with Crippen LogP contribution in [0, 0.1) is 0 Å². The Bertz CT molecular complexity index is 818. The Labute approximate surface area is 128 Å². The summed E-state index contributed by atoms with van der Waals surface area (Å²) in [6.07, 6.45) is 4.26. The summed E-state index contributed by atoms with van der Waals surface area (Å²) in [4.78, 5) is 4.12. The van der Waals surface area contributed by atoms with E-state index in [1.54, 1.807) is 16.9 Å². The third-order valence-corrected chi connectivity index (χ3v) is 3.85. The van der Waals surface area contributed by atoms with E-state index in [2.05, 4.69) is 53.9 Å². The van der Waals surface area contributed by atoms with E-state index >= 15 is 0 Å². The average molecular weight is 347 g/mol. The van der Waals surface area contributed by atoms with Crippen LogP contribution in [0.1, 0.15) is 11.1 Å². The molecule has 0 fully saturated rings. The van der Waals surface area contributed by atoms with E-state index in [0.29, 0.717) is 12.2 Å². The fourth-order valence-electron chi connectivity index (χ4n) is 2.46. The molecular formula is C13H11BrN6O. The number of ether oxygens (including phenoxy) is 1. The zero-order chi connectivity index (χ0) is 14.2. The van der Waals surface area contributed by atoms with Gasteiger partial charge in [-0.05, 0) is 28.1 Å². The van der Waals surface area contributed by atoms with Crippen molar-refractivity contribution in [3.05, 3.63) is 40.1 Å². The van der Waals surface area contributed by atoms with Crippen LogP contribution >= 0.6 is 15.9 Å². The topological polar surface area (TPSA) is 77.2 Å². The highest BCUT2D eigenvalue weighted by atomic mass is 79.9. The molecule has 0 spiro atoms. The minimum Gasteiger partial charge on any atom is -0.493 e. The van der Waals surface area contributed by atoms with E-state index in [0.717, 1.165) is 34.6 Å². The monoisotopic (exact) mass is 346 g/mol. The Balaban J connectivity index is 1.64. The minimum atomic E-state index is 0.607. The SMILES string of the molecule is Brc1cc2c(c(CNc3cncc4nnnn34)c1)OCC2. The number of fused-ring (bicyclic) bond motifs is 2. The molecule has 3 heterocycles. The smallest absolute Gasteiger partial charge is 0.199 e. The normalized spacial score (nSPS) is 13.2. The van der Waals surface area contributed by atoms with Crippen LogP contribution in [0.4, 0.5) is 5.82 Å². The van der Waals surface area contributed by atoms with Crippen molar-refractivity contribution < 1.29 is 4.74 Å². The van der Waals surface area contributed by atoms with Gasteiger partial charge in [0.1, 0.15) is 5.75 Å². The van der Waals surface area contributed by atoms with E-state index in [4.69, 9.17) is 4.74 Å². The van der Waals surface area contributed by atoms with E-state index in [9.17, 15) is 0 Å². The van der Waals surface area contributed by atoms with E-state index < -0.39 is 0 Å². The summed E-state index contributed by atoms with van der Waals surface area (Å²) in [5.74, 6) is 1.71. The highest BCUT2D eigenvalue weighted by molar-refractivity contribution is 9.10. The second kappa shape index (κ2) is 4.96. The van der Waals surface area contributed by atoms with Gasteiger partial charge in [0, 0.05) is 23.0 Å². The van der Waals surface area contributed by atoms with Crippen molar-refractivity contribution in [2.24, 2.45) is 0 Å². The summed E-state index contributed by atoms with van der Waals surface area (Å²) in [6, 6.07) is 4.17. The van der Waals surface area contributed by atoms with Gasteiger partial charge in [0.25, 0.3) is 0 Å². The van der Waals surface area contributed by atoms with Crippen molar-refractivity contribution in [1.82, 2.24) is 25.0 Å². The van der Waals surface area contributed by atoms with Crippen LogP contribution in [0.15, 0.2) is 29.0 Å². The Morgan fingerprint density at radius 2 is 2.29 bits per heavy atom. The first-order valence-electron chi connectivity index (χ1n) is 6.51. The highest BCUT2D eigenvalue weighted by Gasteiger charge is 2.17. The lowest BCUT2D eigenvalue weighted by molar-refractivity contribution is 0.354. The van der Waals surface area contributed by atoms with Crippen LogP contribution in [-0.2, 0) is 13.0 Å². The Kier molecular flexibility index (Phi) is 2.95. The maximum atomic E-state index is 5.72. The summed E-state index contributed by atoms with van der Waals surface area (Å²) in [5.41, 5.74) is 2.94. The van der Waals surface area contributed by atoms with Gasteiger partial charge in [0.05, 0.1) is 19.0 Å². The molecule has 2 aromatic heterocycles. The Hall–Kier alpha value is -2.22. The number of nitrogens with zero attached hydrogens (tertiary/aromatic N) is 5. The summed E-state index contributed by atoms with van der Waals surface area (Å²) < 4.78 is 8.40. The van der Waals surface area contributed by atoms with Crippen LogP contribution in [0.2, 0.25) is 0 Å². The summed E-state index contributed by atoms with van der Waals surface area (Å²) in [6.45, 7) is 1.35. The molecule has 0 aliphatic carbocycles. The van der Waals surface area contributed by atoms with Crippen molar-refractivity contribution in [3.8, 4) is 5.75 Å². The molecule has 4 rings (SSSR count). The molecular weight excluding hydrogens is 336 g/mol. The third kappa shape index (κ3) is 2.21. The zero-order valence-electron chi connectivity index (χ0n) is 11.0. The summed E-state index contributed by atoms with van der Waals surface area (Å²) >= 11 is 3.54. The molecule has 7 nitrogen and oxygen atoms in total. The van der Waals surface area contributed by atoms with Gasteiger partial charge in [-0.3, -0.25) is 4.98 Å². The van der Waals surface area contributed by atoms with E-state index in [-0.39, 0.29) is 0 Å². The van der Waals surface area contributed by atoms with Crippen molar-refractivity contribution in [2.75, 3.05) is 11.9 Å². The van der Waals surface area contributed by atoms with Gasteiger partial charge in [0.15, 0.2) is 11.5 Å². The van der Waals surface area contributed by atoms with Crippen LogP contribution in [0.3, 0.4) is 0 Å². The molecule has 0 radical (unpaired) electrons. The fourth-order valence-corrected chi connectivity index (χ4v) is 3.01. The Morgan fingerprint density at radius 3 is 3.24 bits per heavy atom. The summed E-state index contributed by atoms with van der Waals surface area (Å²) in [7, 11) is 0. The minimum absolute atomic E-state index is 0.607. The number of anilines is 1. The van der Waals surface area contributed by atoms with Crippen molar-refractivity contribution >= 4 is 27.4 Å². The van der Waals surface area contributed by atoms with Gasteiger partial charge in [-0.15, -0.1) is 5.10 Å². The third-order valence-electron chi connectivity index (χ3n) is 3.39. The number of rotatable bonds is 3. The number of halogens is 1. The van der Waals surface area contributed by atoms with Gasteiger partial charge in [-0.1, -0.05) is 15.9 Å². The number of aromatic nitrogens is 5. The number of hydrogen-bond acceptors (Lipinski definition) is 6.